The molecule has 0 spiro atoms. The number of aryl methyl sites for hydroxylation is 1. The van der Waals surface area contributed by atoms with Crippen LogP contribution in [0.4, 0.5) is 0 Å². The van der Waals surface area contributed by atoms with Gasteiger partial charge in [0.05, 0.1) is 12.2 Å². The number of para-hydroxylation sites is 1. The Morgan fingerprint density at radius 1 is 0.963 bits per heavy atom. The molecule has 0 radical (unpaired) electrons. The maximum Gasteiger partial charge on any atom is 0.254 e. The summed E-state index contributed by atoms with van der Waals surface area (Å²) in [6, 6.07) is 17.6. The van der Waals surface area contributed by atoms with Crippen LogP contribution < -0.4 is 0 Å². The summed E-state index contributed by atoms with van der Waals surface area (Å²) in [5.74, 6) is 0.918. The third kappa shape index (κ3) is 3.73. The topological polar surface area (TPSA) is 67.2 Å². The predicted molar refractivity (Wildman–Crippen MR) is 102 cm³/mol. The third-order valence-corrected chi connectivity index (χ3v) is 4.93. The number of tetrazole rings is 1. The molecule has 0 saturated carbocycles. The number of carbonyl (C=O) groups excluding carboxylic acids is 1. The number of hydrogen-bond acceptors (Lipinski definition) is 5. The fourth-order valence-corrected chi connectivity index (χ4v) is 3.37. The Morgan fingerprint density at radius 2 is 1.67 bits per heavy atom. The molecule has 0 aliphatic carbocycles. The van der Waals surface area contributed by atoms with E-state index in [1.807, 2.05) is 66.4 Å². The zero-order valence-corrected chi connectivity index (χ0v) is 15.3. The molecule has 0 unspecified atom stereocenters. The van der Waals surface area contributed by atoms with E-state index < -0.39 is 0 Å². The average Bonchev–Trinajstić information content (AvgIpc) is 3.17. The zero-order chi connectivity index (χ0) is 18.6. The minimum atomic E-state index is 0.113. The first-order chi connectivity index (χ1) is 13.2. The van der Waals surface area contributed by atoms with Crippen molar-refractivity contribution in [3.63, 3.8) is 0 Å². The fraction of sp³-hybridized carbons (Fsp3) is 0.300. The van der Waals surface area contributed by atoms with Crippen LogP contribution >= 0.6 is 0 Å². The van der Waals surface area contributed by atoms with Gasteiger partial charge in [-0.2, -0.15) is 4.68 Å². The normalized spacial score (nSPS) is 15.1. The molecule has 7 heteroatoms. The standard InChI is InChI=1S/C20H22N6O/c1-16-7-5-6-10-18(16)20(27)25-13-11-24(12-14-25)15-19-21-22-23-26(19)17-8-3-2-4-9-17/h2-10H,11-15H2,1H3. The maximum absolute atomic E-state index is 12.8. The molecular weight excluding hydrogens is 340 g/mol. The van der Waals surface area contributed by atoms with E-state index in [0.29, 0.717) is 19.6 Å². The van der Waals surface area contributed by atoms with Crippen molar-refractivity contribution in [3.8, 4) is 5.69 Å². The van der Waals surface area contributed by atoms with Gasteiger partial charge in [-0.25, -0.2) is 0 Å². The van der Waals surface area contributed by atoms with E-state index in [0.717, 1.165) is 35.7 Å². The molecule has 0 bridgehead atoms. The first-order valence-corrected chi connectivity index (χ1v) is 9.12. The van der Waals surface area contributed by atoms with E-state index >= 15 is 0 Å². The van der Waals surface area contributed by atoms with Crippen LogP contribution in [0.2, 0.25) is 0 Å². The second-order valence-electron chi connectivity index (χ2n) is 6.73. The number of rotatable bonds is 4. The van der Waals surface area contributed by atoms with E-state index in [9.17, 15) is 4.79 Å². The number of hydrogen-bond donors (Lipinski definition) is 0. The number of nitrogens with zero attached hydrogens (tertiary/aromatic N) is 6. The van der Waals surface area contributed by atoms with Crippen molar-refractivity contribution in [2.24, 2.45) is 0 Å². The molecule has 2 heterocycles. The Balaban J connectivity index is 1.39. The monoisotopic (exact) mass is 362 g/mol. The molecule has 7 nitrogen and oxygen atoms in total. The lowest BCUT2D eigenvalue weighted by Crippen LogP contribution is -2.48. The summed E-state index contributed by atoms with van der Waals surface area (Å²) in [5.41, 5.74) is 2.76. The van der Waals surface area contributed by atoms with Gasteiger partial charge in [0.2, 0.25) is 0 Å². The SMILES string of the molecule is Cc1ccccc1C(=O)N1CCN(Cc2nnnn2-c2ccccc2)CC1. The minimum absolute atomic E-state index is 0.113. The van der Waals surface area contributed by atoms with E-state index in [-0.39, 0.29) is 5.91 Å². The van der Waals surface area contributed by atoms with Gasteiger partial charge < -0.3 is 4.90 Å². The van der Waals surface area contributed by atoms with Gasteiger partial charge >= 0.3 is 0 Å². The molecule has 138 valence electrons. The van der Waals surface area contributed by atoms with Gasteiger partial charge in [-0.3, -0.25) is 9.69 Å². The Bertz CT molecular complexity index is 915. The van der Waals surface area contributed by atoms with Crippen molar-refractivity contribution >= 4 is 5.91 Å². The molecule has 1 aromatic heterocycles. The molecule has 1 fully saturated rings. The molecule has 0 atom stereocenters. The summed E-state index contributed by atoms with van der Waals surface area (Å²) in [4.78, 5) is 17.0. The second kappa shape index (κ2) is 7.67. The lowest BCUT2D eigenvalue weighted by molar-refractivity contribution is 0.0624. The number of carbonyl (C=O) groups is 1. The first-order valence-electron chi connectivity index (χ1n) is 9.12. The Hall–Kier alpha value is -3.06. The van der Waals surface area contributed by atoms with Crippen molar-refractivity contribution in [1.82, 2.24) is 30.0 Å². The molecule has 0 N–H and O–H groups in total. The highest BCUT2D eigenvalue weighted by molar-refractivity contribution is 5.95. The van der Waals surface area contributed by atoms with Crippen LogP contribution in [-0.4, -0.2) is 62.1 Å². The maximum atomic E-state index is 12.8. The molecule has 4 rings (SSSR count). The van der Waals surface area contributed by atoms with Crippen LogP contribution in [0, 0.1) is 6.92 Å². The molecule has 2 aromatic carbocycles. The number of benzene rings is 2. The summed E-state index contributed by atoms with van der Waals surface area (Å²) < 4.78 is 1.77. The zero-order valence-electron chi connectivity index (χ0n) is 15.3. The highest BCUT2D eigenvalue weighted by Gasteiger charge is 2.24. The quantitative estimate of drug-likeness (QED) is 0.709. The van der Waals surface area contributed by atoms with Gasteiger partial charge in [-0.1, -0.05) is 36.4 Å². The van der Waals surface area contributed by atoms with Gasteiger partial charge in [-0.05, 0) is 41.1 Å². The van der Waals surface area contributed by atoms with Crippen LogP contribution in [0.1, 0.15) is 21.7 Å². The van der Waals surface area contributed by atoms with Crippen molar-refractivity contribution in [2.75, 3.05) is 26.2 Å². The first kappa shape index (κ1) is 17.4. The van der Waals surface area contributed by atoms with Crippen molar-refractivity contribution in [3.05, 3.63) is 71.5 Å². The molecule has 1 aliphatic heterocycles. The lowest BCUT2D eigenvalue weighted by Gasteiger charge is -2.34. The summed E-state index contributed by atoms with van der Waals surface area (Å²) in [5, 5.41) is 12.1. The number of amides is 1. The largest absolute Gasteiger partial charge is 0.336 e. The minimum Gasteiger partial charge on any atom is -0.336 e. The summed E-state index contributed by atoms with van der Waals surface area (Å²) in [6.45, 7) is 5.67. The van der Waals surface area contributed by atoms with Gasteiger partial charge in [0, 0.05) is 31.7 Å². The van der Waals surface area contributed by atoms with Gasteiger partial charge in [0.25, 0.3) is 5.91 Å². The molecule has 1 saturated heterocycles. The summed E-state index contributed by atoms with van der Waals surface area (Å²) in [7, 11) is 0. The van der Waals surface area contributed by atoms with E-state index in [2.05, 4.69) is 20.4 Å². The lowest BCUT2D eigenvalue weighted by atomic mass is 10.1. The molecule has 1 aliphatic rings. The van der Waals surface area contributed by atoms with Gasteiger partial charge in [0.1, 0.15) is 0 Å². The van der Waals surface area contributed by atoms with Crippen LogP contribution in [0.25, 0.3) is 5.69 Å². The highest BCUT2D eigenvalue weighted by atomic mass is 16.2. The van der Waals surface area contributed by atoms with Crippen molar-refractivity contribution in [1.29, 1.82) is 0 Å². The average molecular weight is 362 g/mol. The molecule has 3 aromatic rings. The van der Waals surface area contributed by atoms with Crippen LogP contribution in [-0.2, 0) is 6.54 Å². The van der Waals surface area contributed by atoms with Gasteiger partial charge in [-0.15, -0.1) is 5.10 Å². The predicted octanol–water partition coefficient (Wildman–Crippen LogP) is 1.93. The van der Waals surface area contributed by atoms with E-state index in [4.69, 9.17) is 0 Å². The van der Waals surface area contributed by atoms with Crippen molar-refractivity contribution < 1.29 is 4.79 Å². The Labute approximate surface area is 158 Å². The van der Waals surface area contributed by atoms with Crippen LogP contribution in [0.15, 0.2) is 54.6 Å². The Morgan fingerprint density at radius 3 is 2.41 bits per heavy atom. The van der Waals surface area contributed by atoms with E-state index in [1.54, 1.807) is 4.68 Å². The molecular formula is C20H22N6O. The number of aromatic nitrogens is 4. The molecule has 27 heavy (non-hydrogen) atoms. The number of piperazine rings is 1. The summed E-state index contributed by atoms with van der Waals surface area (Å²) in [6.07, 6.45) is 0. The van der Waals surface area contributed by atoms with Crippen molar-refractivity contribution in [2.45, 2.75) is 13.5 Å². The smallest absolute Gasteiger partial charge is 0.254 e. The van der Waals surface area contributed by atoms with Crippen LogP contribution in [0.5, 0.6) is 0 Å². The third-order valence-electron chi connectivity index (χ3n) is 4.93. The fourth-order valence-electron chi connectivity index (χ4n) is 3.37. The van der Waals surface area contributed by atoms with E-state index in [1.165, 1.54) is 0 Å². The molecule has 1 amide bonds. The van der Waals surface area contributed by atoms with Crippen LogP contribution in [0.3, 0.4) is 0 Å². The summed E-state index contributed by atoms with van der Waals surface area (Å²) >= 11 is 0. The van der Waals surface area contributed by atoms with Gasteiger partial charge in [0.15, 0.2) is 5.82 Å². The highest BCUT2D eigenvalue weighted by Crippen LogP contribution is 2.14. The Kier molecular flexibility index (Phi) is 4.93. The second-order valence-corrected chi connectivity index (χ2v) is 6.73.